The van der Waals surface area contributed by atoms with E-state index >= 15 is 0 Å². The molecule has 0 spiro atoms. The standard InChI is InChI=1S/C26H23ClF5N3O2/c1-14-9-15(2)11-17(10-14)37-13-20(36)33-16-3-4-19(18(27)12-16)34-5-7-35(8-6-34)26-24(31)22(29)21(28)23(30)25(26)32/h3-4,9-12H,5-8,13H2,1-2H3,(H,33,36). The van der Waals surface area contributed by atoms with E-state index in [-0.39, 0.29) is 38.7 Å². The second-order valence-electron chi connectivity index (χ2n) is 8.72. The van der Waals surface area contributed by atoms with E-state index in [1.807, 2.05) is 36.9 Å². The van der Waals surface area contributed by atoms with Gasteiger partial charge >= 0.3 is 0 Å². The van der Waals surface area contributed by atoms with Crippen molar-refractivity contribution in [3.05, 3.63) is 81.6 Å². The number of halogens is 6. The van der Waals surface area contributed by atoms with Crippen LogP contribution in [0.2, 0.25) is 5.02 Å². The first-order chi connectivity index (χ1) is 17.5. The number of nitrogens with zero attached hydrogens (tertiary/aromatic N) is 2. The van der Waals surface area contributed by atoms with Gasteiger partial charge in [0, 0.05) is 31.9 Å². The van der Waals surface area contributed by atoms with E-state index in [0.29, 0.717) is 22.1 Å². The molecule has 1 N–H and O–H groups in total. The molecule has 3 aromatic rings. The smallest absolute Gasteiger partial charge is 0.262 e. The number of ether oxygens (including phenoxy) is 1. The monoisotopic (exact) mass is 539 g/mol. The summed E-state index contributed by atoms with van der Waals surface area (Å²) in [5.74, 6) is -9.64. The lowest BCUT2D eigenvalue weighted by Gasteiger charge is -2.38. The number of carbonyl (C=O) groups excluding carboxylic acids is 1. The Morgan fingerprint density at radius 2 is 1.38 bits per heavy atom. The van der Waals surface area contributed by atoms with E-state index in [2.05, 4.69) is 5.32 Å². The van der Waals surface area contributed by atoms with Crippen LogP contribution < -0.4 is 19.9 Å². The van der Waals surface area contributed by atoms with E-state index < -0.39 is 34.8 Å². The van der Waals surface area contributed by atoms with Crippen LogP contribution in [-0.2, 0) is 4.79 Å². The van der Waals surface area contributed by atoms with E-state index in [0.717, 1.165) is 16.0 Å². The Kier molecular flexibility index (Phi) is 7.77. The maximum absolute atomic E-state index is 14.2. The number of hydrogen-bond donors (Lipinski definition) is 1. The number of benzene rings is 3. The molecule has 1 amide bonds. The molecular weight excluding hydrogens is 517 g/mol. The number of piperazine rings is 1. The Bertz CT molecular complexity index is 1300. The number of rotatable bonds is 6. The Balaban J connectivity index is 1.37. The summed E-state index contributed by atoms with van der Waals surface area (Å²) < 4.78 is 74.4. The van der Waals surface area contributed by atoms with Gasteiger partial charge in [-0.05, 0) is 55.3 Å². The van der Waals surface area contributed by atoms with Crippen LogP contribution >= 0.6 is 11.6 Å². The molecule has 4 rings (SSSR count). The summed E-state index contributed by atoms with van der Waals surface area (Å²) in [5, 5.41) is 3.03. The second kappa shape index (κ2) is 10.8. The van der Waals surface area contributed by atoms with Crippen molar-refractivity contribution in [1.82, 2.24) is 0 Å². The highest BCUT2D eigenvalue weighted by molar-refractivity contribution is 6.33. The molecule has 1 heterocycles. The SMILES string of the molecule is Cc1cc(C)cc(OCC(=O)Nc2ccc(N3CCN(c4c(F)c(F)c(F)c(F)c4F)CC3)c(Cl)c2)c1. The topological polar surface area (TPSA) is 44.8 Å². The summed E-state index contributed by atoms with van der Waals surface area (Å²) in [5.41, 5.74) is 2.14. The van der Waals surface area contributed by atoms with Crippen LogP contribution in [-0.4, -0.2) is 38.7 Å². The molecule has 0 aromatic heterocycles. The van der Waals surface area contributed by atoms with E-state index in [9.17, 15) is 26.7 Å². The van der Waals surface area contributed by atoms with Crippen LogP contribution in [0.3, 0.4) is 0 Å². The lowest BCUT2D eigenvalue weighted by Crippen LogP contribution is -2.47. The predicted molar refractivity (Wildman–Crippen MR) is 132 cm³/mol. The molecule has 0 unspecified atom stereocenters. The van der Waals surface area contributed by atoms with Crippen LogP contribution in [0.15, 0.2) is 36.4 Å². The molecule has 1 saturated heterocycles. The fourth-order valence-corrected chi connectivity index (χ4v) is 4.55. The molecule has 1 aliphatic heterocycles. The van der Waals surface area contributed by atoms with Crippen molar-refractivity contribution in [3.63, 3.8) is 0 Å². The lowest BCUT2D eigenvalue weighted by molar-refractivity contribution is -0.118. The van der Waals surface area contributed by atoms with Gasteiger partial charge in [0.05, 0.1) is 10.7 Å². The highest BCUT2D eigenvalue weighted by Gasteiger charge is 2.31. The zero-order valence-corrected chi connectivity index (χ0v) is 20.7. The number of hydrogen-bond acceptors (Lipinski definition) is 4. The molecule has 0 bridgehead atoms. The molecule has 1 aliphatic rings. The normalized spacial score (nSPS) is 13.6. The van der Waals surface area contributed by atoms with Gasteiger partial charge in [0.1, 0.15) is 11.4 Å². The first kappa shape index (κ1) is 26.5. The minimum absolute atomic E-state index is 0.00292. The molecule has 0 atom stereocenters. The summed E-state index contributed by atoms with van der Waals surface area (Å²) in [6.45, 7) is 4.11. The van der Waals surface area contributed by atoms with Gasteiger partial charge in [0.15, 0.2) is 29.9 Å². The van der Waals surface area contributed by atoms with Crippen molar-refractivity contribution < 1.29 is 31.5 Å². The highest BCUT2D eigenvalue weighted by Crippen LogP contribution is 2.33. The van der Waals surface area contributed by atoms with Crippen molar-refractivity contribution in [2.45, 2.75) is 13.8 Å². The minimum Gasteiger partial charge on any atom is -0.484 e. The average molecular weight is 540 g/mol. The molecular formula is C26H23ClF5N3O2. The molecule has 0 saturated carbocycles. The first-order valence-electron chi connectivity index (χ1n) is 11.4. The van der Waals surface area contributed by atoms with Crippen molar-refractivity contribution in [1.29, 1.82) is 0 Å². The van der Waals surface area contributed by atoms with Crippen LogP contribution in [0.4, 0.5) is 39.0 Å². The average Bonchev–Trinajstić information content (AvgIpc) is 2.85. The van der Waals surface area contributed by atoms with Gasteiger partial charge in [-0.25, -0.2) is 22.0 Å². The number of nitrogens with one attached hydrogen (secondary N) is 1. The Labute approximate surface area is 215 Å². The third kappa shape index (κ3) is 5.74. The fraction of sp³-hybridized carbons (Fsp3) is 0.269. The van der Waals surface area contributed by atoms with Gasteiger partial charge in [0.2, 0.25) is 5.82 Å². The van der Waals surface area contributed by atoms with Crippen LogP contribution in [0.25, 0.3) is 0 Å². The number of carbonyl (C=O) groups is 1. The summed E-state index contributed by atoms with van der Waals surface area (Å²) in [7, 11) is 0. The summed E-state index contributed by atoms with van der Waals surface area (Å²) >= 11 is 6.42. The molecule has 5 nitrogen and oxygen atoms in total. The third-order valence-electron chi connectivity index (χ3n) is 5.92. The van der Waals surface area contributed by atoms with Gasteiger partial charge in [-0.1, -0.05) is 17.7 Å². The molecule has 37 heavy (non-hydrogen) atoms. The van der Waals surface area contributed by atoms with Crippen molar-refractivity contribution >= 4 is 34.6 Å². The molecule has 3 aromatic carbocycles. The molecule has 1 fully saturated rings. The Hall–Kier alpha value is -3.53. The molecule has 0 radical (unpaired) electrons. The van der Waals surface area contributed by atoms with Crippen molar-refractivity contribution in [2.75, 3.05) is 47.9 Å². The second-order valence-corrected chi connectivity index (χ2v) is 9.13. The largest absolute Gasteiger partial charge is 0.484 e. The van der Waals surface area contributed by atoms with E-state index in [1.165, 1.54) is 0 Å². The maximum Gasteiger partial charge on any atom is 0.262 e. The summed E-state index contributed by atoms with van der Waals surface area (Å²) in [4.78, 5) is 15.3. The maximum atomic E-state index is 14.2. The fourth-order valence-electron chi connectivity index (χ4n) is 4.25. The van der Waals surface area contributed by atoms with Gasteiger partial charge in [0.25, 0.3) is 5.91 Å². The van der Waals surface area contributed by atoms with E-state index in [1.54, 1.807) is 18.2 Å². The van der Waals surface area contributed by atoms with Crippen LogP contribution in [0.1, 0.15) is 11.1 Å². The lowest BCUT2D eigenvalue weighted by atomic mass is 10.1. The predicted octanol–water partition coefficient (Wildman–Crippen LogP) is 6.00. The van der Waals surface area contributed by atoms with E-state index in [4.69, 9.17) is 16.3 Å². The minimum atomic E-state index is -2.19. The number of amides is 1. The quantitative estimate of drug-likeness (QED) is 0.237. The molecule has 11 heteroatoms. The zero-order chi connectivity index (χ0) is 26.9. The molecule has 0 aliphatic carbocycles. The Morgan fingerprint density at radius 1 is 0.838 bits per heavy atom. The number of aryl methyl sites for hydroxylation is 2. The summed E-state index contributed by atoms with van der Waals surface area (Å²) in [6, 6.07) is 10.5. The highest BCUT2D eigenvalue weighted by atomic mass is 35.5. The van der Waals surface area contributed by atoms with Crippen molar-refractivity contribution in [2.24, 2.45) is 0 Å². The Morgan fingerprint density at radius 3 is 1.95 bits per heavy atom. The first-order valence-corrected chi connectivity index (χ1v) is 11.7. The third-order valence-corrected chi connectivity index (χ3v) is 6.22. The molecule has 196 valence electrons. The van der Waals surface area contributed by atoms with Gasteiger partial charge in [-0.15, -0.1) is 0 Å². The van der Waals surface area contributed by atoms with Crippen molar-refractivity contribution in [3.8, 4) is 5.75 Å². The summed E-state index contributed by atoms with van der Waals surface area (Å²) in [6.07, 6.45) is 0. The van der Waals surface area contributed by atoms with Crippen LogP contribution in [0.5, 0.6) is 5.75 Å². The number of anilines is 3. The van der Waals surface area contributed by atoms with Crippen LogP contribution in [0, 0.1) is 42.9 Å². The zero-order valence-electron chi connectivity index (χ0n) is 20.0. The van der Waals surface area contributed by atoms with Gasteiger partial charge < -0.3 is 19.9 Å². The van der Waals surface area contributed by atoms with Gasteiger partial charge in [-0.3, -0.25) is 4.79 Å². The van der Waals surface area contributed by atoms with Gasteiger partial charge in [-0.2, -0.15) is 0 Å².